The van der Waals surface area contributed by atoms with Gasteiger partial charge in [0.25, 0.3) is 0 Å². The molecule has 0 bridgehead atoms. The number of fused-ring (bicyclic) bond motifs is 3. The maximum atomic E-state index is 13.9. The minimum absolute atomic E-state index is 0.183. The minimum Gasteiger partial charge on any atom is -0.339 e. The highest BCUT2D eigenvalue weighted by atomic mass is 19.1. The molecule has 5 aromatic rings. The van der Waals surface area contributed by atoms with Gasteiger partial charge >= 0.3 is 0 Å². The summed E-state index contributed by atoms with van der Waals surface area (Å²) in [4.78, 5) is 7.34. The molecule has 0 aliphatic carbocycles. The van der Waals surface area contributed by atoms with Crippen molar-refractivity contribution in [3.8, 4) is 11.3 Å². The van der Waals surface area contributed by atoms with Crippen LogP contribution in [0.4, 0.5) is 15.8 Å². The van der Waals surface area contributed by atoms with E-state index in [9.17, 15) is 4.39 Å². The van der Waals surface area contributed by atoms with Gasteiger partial charge in [0, 0.05) is 28.6 Å². The Kier molecular flexibility index (Phi) is 3.81. The van der Waals surface area contributed by atoms with Crippen LogP contribution in [0.2, 0.25) is 0 Å². The molecule has 3 heterocycles. The van der Waals surface area contributed by atoms with Crippen molar-refractivity contribution in [2.24, 2.45) is 0 Å². The van der Waals surface area contributed by atoms with E-state index >= 15 is 0 Å². The van der Waals surface area contributed by atoms with Crippen molar-refractivity contribution in [1.29, 1.82) is 0 Å². The van der Waals surface area contributed by atoms with Crippen LogP contribution in [0.5, 0.6) is 0 Å². The second-order valence-corrected chi connectivity index (χ2v) is 7.75. The minimum atomic E-state index is -0.183. The van der Waals surface area contributed by atoms with Gasteiger partial charge in [-0.1, -0.05) is 24.3 Å². The summed E-state index contributed by atoms with van der Waals surface area (Å²) in [5, 5.41) is 9.30. The van der Waals surface area contributed by atoms with Gasteiger partial charge in [-0.05, 0) is 60.9 Å². The first-order valence-electron chi connectivity index (χ1n) is 10.2. The molecule has 1 aliphatic rings. The highest BCUT2D eigenvalue weighted by molar-refractivity contribution is 5.93. The van der Waals surface area contributed by atoms with E-state index in [1.807, 2.05) is 36.5 Å². The van der Waals surface area contributed by atoms with Gasteiger partial charge in [-0.2, -0.15) is 5.10 Å². The molecule has 146 valence electrons. The van der Waals surface area contributed by atoms with E-state index in [4.69, 9.17) is 4.98 Å². The van der Waals surface area contributed by atoms with Crippen LogP contribution in [0.15, 0.2) is 72.9 Å². The number of H-pyrrole nitrogens is 1. The molecule has 0 amide bonds. The number of pyridine rings is 1. The molecule has 1 aliphatic heterocycles. The number of anilines is 2. The molecule has 0 saturated heterocycles. The van der Waals surface area contributed by atoms with Gasteiger partial charge in [-0.3, -0.25) is 5.10 Å². The largest absolute Gasteiger partial charge is 0.339 e. The zero-order chi connectivity index (χ0) is 20.1. The van der Waals surface area contributed by atoms with Crippen molar-refractivity contribution in [3.05, 3.63) is 84.3 Å². The Morgan fingerprint density at radius 1 is 0.900 bits per heavy atom. The third-order valence-corrected chi connectivity index (χ3v) is 5.87. The third kappa shape index (κ3) is 2.74. The summed E-state index contributed by atoms with van der Waals surface area (Å²) in [7, 11) is 0. The second kappa shape index (κ2) is 6.66. The molecule has 4 nitrogen and oxygen atoms in total. The van der Waals surface area contributed by atoms with E-state index in [2.05, 4.69) is 39.4 Å². The molecule has 0 saturated carbocycles. The number of nitrogens with zero attached hydrogens (tertiary/aromatic N) is 3. The van der Waals surface area contributed by atoms with Crippen molar-refractivity contribution in [1.82, 2.24) is 15.2 Å². The average Bonchev–Trinajstić information content (AvgIpc) is 3.25. The average molecular weight is 394 g/mol. The molecule has 3 aromatic carbocycles. The quantitative estimate of drug-likeness (QED) is 0.399. The first kappa shape index (κ1) is 17.2. The molecule has 0 spiro atoms. The molecule has 2 aromatic heterocycles. The summed E-state index contributed by atoms with van der Waals surface area (Å²) in [6.45, 7) is 0.875. The van der Waals surface area contributed by atoms with Gasteiger partial charge in [-0.15, -0.1) is 0 Å². The van der Waals surface area contributed by atoms with Crippen LogP contribution in [0, 0.1) is 5.82 Å². The zero-order valence-electron chi connectivity index (χ0n) is 16.3. The van der Waals surface area contributed by atoms with Gasteiger partial charge in [0.1, 0.15) is 5.82 Å². The number of halogens is 1. The van der Waals surface area contributed by atoms with E-state index in [1.165, 1.54) is 0 Å². The number of nitrogens with one attached hydrogen (secondary N) is 1. The molecule has 30 heavy (non-hydrogen) atoms. The molecule has 0 atom stereocenters. The third-order valence-electron chi connectivity index (χ3n) is 5.87. The Hall–Kier alpha value is -3.73. The lowest BCUT2D eigenvalue weighted by atomic mass is 9.98. The lowest BCUT2D eigenvalue weighted by molar-refractivity contribution is 0.622. The molecule has 5 heteroatoms. The van der Waals surface area contributed by atoms with Gasteiger partial charge < -0.3 is 4.90 Å². The van der Waals surface area contributed by atoms with E-state index in [0.717, 1.165) is 69.4 Å². The zero-order valence-corrected chi connectivity index (χ0v) is 16.3. The molecule has 6 rings (SSSR count). The number of benzene rings is 3. The Labute approximate surface area is 173 Å². The monoisotopic (exact) mass is 394 g/mol. The Morgan fingerprint density at radius 3 is 2.80 bits per heavy atom. The highest BCUT2D eigenvalue weighted by Crippen LogP contribution is 2.40. The SMILES string of the molecule is Fc1ccc2c(c1)CCCN2c1cc2ccccc2nc1-c1ccc2[nH]ncc2c1. The van der Waals surface area contributed by atoms with Gasteiger partial charge in [-0.25, -0.2) is 9.37 Å². The lowest BCUT2D eigenvalue weighted by Gasteiger charge is -2.32. The first-order chi connectivity index (χ1) is 14.8. The van der Waals surface area contributed by atoms with Gasteiger partial charge in [0.2, 0.25) is 0 Å². The summed E-state index contributed by atoms with van der Waals surface area (Å²) in [5.41, 5.74) is 7.08. The molecule has 0 fully saturated rings. The van der Waals surface area contributed by atoms with Crippen molar-refractivity contribution in [3.63, 3.8) is 0 Å². The first-order valence-corrected chi connectivity index (χ1v) is 10.2. The summed E-state index contributed by atoms with van der Waals surface area (Å²) in [6.07, 6.45) is 3.70. The maximum absolute atomic E-state index is 13.9. The standard InChI is InChI=1S/C25H19FN4/c26-20-8-10-23-17(13-20)5-3-11-30(23)24-14-16-4-1-2-6-21(16)28-25(24)18-7-9-22-19(12-18)15-27-29-22/h1-2,4,6-10,12-15H,3,5,11H2,(H,27,29). The summed E-state index contributed by atoms with van der Waals surface area (Å²) >= 11 is 0. The topological polar surface area (TPSA) is 44.8 Å². The van der Waals surface area contributed by atoms with Crippen LogP contribution in [-0.4, -0.2) is 21.7 Å². The Bertz CT molecular complexity index is 1410. The second-order valence-electron chi connectivity index (χ2n) is 7.75. The molecule has 0 radical (unpaired) electrons. The maximum Gasteiger partial charge on any atom is 0.123 e. The fraction of sp³-hybridized carbons (Fsp3) is 0.120. The van der Waals surface area contributed by atoms with Crippen LogP contribution in [-0.2, 0) is 6.42 Å². The van der Waals surface area contributed by atoms with Gasteiger partial charge in [0.15, 0.2) is 0 Å². The fourth-order valence-electron chi connectivity index (χ4n) is 4.43. The van der Waals surface area contributed by atoms with Crippen LogP contribution in [0.1, 0.15) is 12.0 Å². The summed E-state index contributed by atoms with van der Waals surface area (Å²) < 4.78 is 13.9. The van der Waals surface area contributed by atoms with Crippen LogP contribution in [0.3, 0.4) is 0 Å². The predicted octanol–water partition coefficient (Wildman–Crippen LogP) is 6.00. The fourth-order valence-corrected chi connectivity index (χ4v) is 4.43. The normalized spacial score (nSPS) is 13.7. The highest BCUT2D eigenvalue weighted by Gasteiger charge is 2.23. The van der Waals surface area contributed by atoms with E-state index < -0.39 is 0 Å². The van der Waals surface area contributed by atoms with Crippen molar-refractivity contribution in [2.45, 2.75) is 12.8 Å². The molecule has 1 N–H and O–H groups in total. The van der Waals surface area contributed by atoms with Crippen LogP contribution in [0.25, 0.3) is 33.1 Å². The number of para-hydroxylation sites is 1. The molecule has 0 unspecified atom stereocenters. The van der Waals surface area contributed by atoms with E-state index in [0.29, 0.717) is 0 Å². The Balaban J connectivity index is 1.61. The van der Waals surface area contributed by atoms with Crippen molar-refractivity contribution in [2.75, 3.05) is 11.4 Å². The van der Waals surface area contributed by atoms with Gasteiger partial charge in [0.05, 0.1) is 28.6 Å². The predicted molar refractivity (Wildman–Crippen MR) is 119 cm³/mol. The van der Waals surface area contributed by atoms with Crippen LogP contribution >= 0.6 is 0 Å². The number of aromatic amines is 1. The van der Waals surface area contributed by atoms with Crippen LogP contribution < -0.4 is 4.90 Å². The lowest BCUT2D eigenvalue weighted by Crippen LogP contribution is -2.25. The number of aromatic nitrogens is 3. The Morgan fingerprint density at radius 2 is 1.83 bits per heavy atom. The van der Waals surface area contributed by atoms with E-state index in [1.54, 1.807) is 12.1 Å². The number of hydrogen-bond acceptors (Lipinski definition) is 3. The summed E-state index contributed by atoms with van der Waals surface area (Å²) in [5.74, 6) is -0.183. The van der Waals surface area contributed by atoms with Crippen molar-refractivity contribution >= 4 is 33.2 Å². The van der Waals surface area contributed by atoms with E-state index in [-0.39, 0.29) is 5.82 Å². The molecular weight excluding hydrogens is 375 g/mol. The number of rotatable bonds is 2. The summed E-state index contributed by atoms with van der Waals surface area (Å²) in [6, 6.07) is 21.7. The number of aryl methyl sites for hydroxylation is 1. The molecular formula is C25H19FN4. The van der Waals surface area contributed by atoms with Crippen molar-refractivity contribution < 1.29 is 4.39 Å². The number of hydrogen-bond donors (Lipinski definition) is 1. The smallest absolute Gasteiger partial charge is 0.123 e.